The third-order valence-corrected chi connectivity index (χ3v) is 3.74. The van der Waals surface area contributed by atoms with E-state index in [0.29, 0.717) is 0 Å². The van der Waals surface area contributed by atoms with Crippen molar-refractivity contribution in [3.8, 4) is 5.75 Å². The van der Waals surface area contributed by atoms with Crippen molar-refractivity contribution in [2.24, 2.45) is 5.41 Å². The number of hydrogen-bond donors (Lipinski definition) is 0. The van der Waals surface area contributed by atoms with Crippen LogP contribution in [-0.2, 0) is 10.3 Å². The smallest absolute Gasteiger partial charge is 0.370 e. The van der Waals surface area contributed by atoms with E-state index in [-0.39, 0.29) is 17.1 Å². The van der Waals surface area contributed by atoms with Gasteiger partial charge in [-0.25, -0.2) is 0 Å². The molecule has 0 aliphatic heterocycles. The first-order chi connectivity index (χ1) is 8.55. The fraction of sp³-hybridized carbons (Fsp3) is 0.462. The van der Waals surface area contributed by atoms with E-state index in [0.717, 1.165) is 4.31 Å². The molecule has 106 valence electrons. The molecule has 0 bridgehead atoms. The Morgan fingerprint density at radius 2 is 1.68 bits per heavy atom. The summed E-state index contributed by atoms with van der Waals surface area (Å²) in [6, 6.07) is 6.34. The van der Waals surface area contributed by atoms with E-state index in [1.54, 1.807) is 39.0 Å². The van der Waals surface area contributed by atoms with Crippen LogP contribution in [-0.4, -0.2) is 32.6 Å². The molecule has 6 heteroatoms. The maximum absolute atomic E-state index is 12.3. The summed E-state index contributed by atoms with van der Waals surface area (Å²) in [5.41, 5.74) is -0.345. The number of benzene rings is 1. The van der Waals surface area contributed by atoms with Crippen molar-refractivity contribution in [1.82, 2.24) is 4.31 Å². The van der Waals surface area contributed by atoms with Crippen molar-refractivity contribution in [3.05, 3.63) is 29.8 Å². The average molecular weight is 285 g/mol. The lowest BCUT2D eigenvalue weighted by Crippen LogP contribution is -2.28. The third-order valence-electron chi connectivity index (χ3n) is 2.46. The first kappa shape index (κ1) is 15.7. The Bertz CT molecular complexity index is 571. The summed E-state index contributed by atoms with van der Waals surface area (Å²) >= 11 is 0. The molecule has 0 spiro atoms. The summed E-state index contributed by atoms with van der Waals surface area (Å²) in [5.74, 6) is -0.117. The number of nitrogens with zero attached hydrogens (tertiary/aromatic N) is 1. The van der Waals surface area contributed by atoms with Gasteiger partial charge >= 0.3 is 10.3 Å². The van der Waals surface area contributed by atoms with E-state index in [1.807, 2.05) is 0 Å². The van der Waals surface area contributed by atoms with Crippen molar-refractivity contribution in [2.75, 3.05) is 14.1 Å². The lowest BCUT2D eigenvalue weighted by atomic mass is 9.86. The van der Waals surface area contributed by atoms with Gasteiger partial charge in [0.15, 0.2) is 11.5 Å². The van der Waals surface area contributed by atoms with Crippen molar-refractivity contribution in [3.63, 3.8) is 0 Å². The number of hydrogen-bond acceptors (Lipinski definition) is 4. The molecule has 1 rings (SSSR count). The van der Waals surface area contributed by atoms with Crippen LogP contribution in [0.5, 0.6) is 5.75 Å². The first-order valence-corrected chi connectivity index (χ1v) is 7.18. The number of rotatable bonds is 4. The largest absolute Gasteiger partial charge is 0.384 e. The van der Waals surface area contributed by atoms with Gasteiger partial charge in [0.1, 0.15) is 0 Å². The van der Waals surface area contributed by atoms with Gasteiger partial charge in [-0.1, -0.05) is 32.9 Å². The standard InChI is InChI=1S/C13H19NO4S/c1-13(2,3)12(15)10-8-6-7-9-11(10)18-19(16,17)14(4)5/h6-9H,1-5H3. The molecule has 0 unspecified atom stereocenters. The second-order valence-corrected chi connectivity index (χ2v) is 7.15. The van der Waals surface area contributed by atoms with Crippen LogP contribution in [0.25, 0.3) is 0 Å². The molecule has 0 atom stereocenters. The lowest BCUT2D eigenvalue weighted by Gasteiger charge is -2.19. The van der Waals surface area contributed by atoms with Crippen LogP contribution in [0.2, 0.25) is 0 Å². The van der Waals surface area contributed by atoms with Gasteiger partial charge in [-0.05, 0) is 12.1 Å². The summed E-state index contributed by atoms with van der Waals surface area (Å²) in [4.78, 5) is 12.3. The molecule has 0 fully saturated rings. The fourth-order valence-corrected chi connectivity index (χ4v) is 1.84. The molecule has 0 aliphatic carbocycles. The summed E-state index contributed by atoms with van der Waals surface area (Å²) in [5, 5.41) is 0. The van der Waals surface area contributed by atoms with Crippen LogP contribution in [0.15, 0.2) is 24.3 Å². The van der Waals surface area contributed by atoms with Gasteiger partial charge in [-0.2, -0.15) is 12.7 Å². The van der Waals surface area contributed by atoms with Gasteiger partial charge in [0.25, 0.3) is 0 Å². The Morgan fingerprint density at radius 1 is 1.16 bits per heavy atom. The van der Waals surface area contributed by atoms with Crippen molar-refractivity contribution < 1.29 is 17.4 Å². The highest BCUT2D eigenvalue weighted by Gasteiger charge is 2.27. The summed E-state index contributed by atoms with van der Waals surface area (Å²) in [6.07, 6.45) is 0. The predicted molar refractivity (Wildman–Crippen MR) is 73.5 cm³/mol. The molecule has 0 heterocycles. The Morgan fingerprint density at radius 3 is 2.16 bits per heavy atom. The van der Waals surface area contributed by atoms with Gasteiger partial charge in [0.2, 0.25) is 0 Å². The Hall–Kier alpha value is -1.40. The zero-order valence-corrected chi connectivity index (χ0v) is 12.6. The second-order valence-electron chi connectivity index (χ2n) is 5.40. The average Bonchev–Trinajstić information content (AvgIpc) is 2.27. The van der Waals surface area contributed by atoms with Crippen LogP contribution < -0.4 is 4.18 Å². The topological polar surface area (TPSA) is 63.7 Å². The minimum absolute atomic E-state index is 0.0520. The van der Waals surface area contributed by atoms with Gasteiger partial charge in [-0.15, -0.1) is 0 Å². The van der Waals surface area contributed by atoms with E-state index < -0.39 is 15.7 Å². The lowest BCUT2D eigenvalue weighted by molar-refractivity contribution is 0.0856. The molecule has 0 radical (unpaired) electrons. The maximum Gasteiger partial charge on any atom is 0.384 e. The minimum atomic E-state index is -3.87. The fourth-order valence-electron chi connectivity index (χ4n) is 1.32. The monoisotopic (exact) mass is 285 g/mol. The Balaban J connectivity index is 3.22. The molecule has 1 aromatic carbocycles. The van der Waals surface area contributed by atoms with E-state index >= 15 is 0 Å². The van der Waals surface area contributed by atoms with Crippen LogP contribution in [0.1, 0.15) is 31.1 Å². The summed E-state index contributed by atoms with van der Waals surface area (Å²) < 4.78 is 29.4. The number of carbonyl (C=O) groups is 1. The molecular weight excluding hydrogens is 266 g/mol. The van der Waals surface area contributed by atoms with Crippen LogP contribution >= 0.6 is 0 Å². The molecule has 0 saturated carbocycles. The van der Waals surface area contributed by atoms with Gasteiger partial charge in [-0.3, -0.25) is 4.79 Å². The molecule has 0 aromatic heterocycles. The van der Waals surface area contributed by atoms with Crippen LogP contribution in [0, 0.1) is 5.41 Å². The van der Waals surface area contributed by atoms with Crippen molar-refractivity contribution >= 4 is 16.1 Å². The summed E-state index contributed by atoms with van der Waals surface area (Å²) in [7, 11) is -1.14. The van der Waals surface area contributed by atoms with Crippen LogP contribution in [0.3, 0.4) is 0 Å². The predicted octanol–water partition coefficient (Wildman–Crippen LogP) is 2.10. The van der Waals surface area contributed by atoms with Crippen LogP contribution in [0.4, 0.5) is 0 Å². The number of Topliss-reactive ketones (excluding diaryl/α,β-unsaturated/α-hetero) is 1. The molecule has 19 heavy (non-hydrogen) atoms. The molecule has 1 aromatic rings. The second kappa shape index (κ2) is 5.30. The van der Waals surface area contributed by atoms with E-state index in [2.05, 4.69) is 0 Å². The minimum Gasteiger partial charge on any atom is -0.370 e. The highest BCUT2D eigenvalue weighted by atomic mass is 32.2. The quantitative estimate of drug-likeness (QED) is 0.795. The van der Waals surface area contributed by atoms with Gasteiger partial charge < -0.3 is 4.18 Å². The zero-order valence-electron chi connectivity index (χ0n) is 11.8. The highest BCUT2D eigenvalue weighted by molar-refractivity contribution is 7.84. The third kappa shape index (κ3) is 3.78. The van der Waals surface area contributed by atoms with Crippen molar-refractivity contribution in [2.45, 2.75) is 20.8 Å². The molecule has 0 saturated heterocycles. The molecular formula is C13H19NO4S. The Labute approximate surface area is 114 Å². The molecule has 0 N–H and O–H groups in total. The zero-order chi connectivity index (χ0) is 14.8. The van der Waals surface area contributed by atoms with E-state index in [1.165, 1.54) is 20.2 Å². The molecule has 0 amide bonds. The number of carbonyl (C=O) groups excluding carboxylic acids is 1. The number of ketones is 1. The van der Waals surface area contributed by atoms with Gasteiger partial charge in [0, 0.05) is 19.5 Å². The normalized spacial score (nSPS) is 12.5. The van der Waals surface area contributed by atoms with E-state index in [4.69, 9.17) is 4.18 Å². The SMILES string of the molecule is CN(C)S(=O)(=O)Oc1ccccc1C(=O)C(C)(C)C. The Kier molecular flexibility index (Phi) is 4.37. The maximum atomic E-state index is 12.3. The first-order valence-electron chi connectivity index (χ1n) is 5.81. The molecule has 5 nitrogen and oxygen atoms in total. The number of para-hydroxylation sites is 1. The highest BCUT2D eigenvalue weighted by Crippen LogP contribution is 2.28. The van der Waals surface area contributed by atoms with Gasteiger partial charge in [0.05, 0.1) is 5.56 Å². The van der Waals surface area contributed by atoms with E-state index in [9.17, 15) is 13.2 Å². The summed E-state index contributed by atoms with van der Waals surface area (Å²) in [6.45, 7) is 5.31. The van der Waals surface area contributed by atoms with Crippen molar-refractivity contribution in [1.29, 1.82) is 0 Å². The molecule has 0 aliphatic rings.